The fourth-order valence-electron chi connectivity index (χ4n) is 4.41. The molecule has 3 aromatic carbocycles. The maximum Gasteiger partial charge on any atom is 0.255 e. The number of rotatable bonds is 7. The zero-order valence-corrected chi connectivity index (χ0v) is 21.8. The molecular weight excluding hydrogens is 498 g/mol. The lowest BCUT2D eigenvalue weighted by Gasteiger charge is -2.28. The normalized spacial score (nSPS) is 13.6. The Labute approximate surface area is 224 Å². The highest BCUT2D eigenvalue weighted by atomic mass is 32.1. The number of anilines is 2. The highest BCUT2D eigenvalue weighted by Crippen LogP contribution is 2.25. The van der Waals surface area contributed by atoms with E-state index in [2.05, 4.69) is 20.2 Å². The van der Waals surface area contributed by atoms with E-state index in [-0.39, 0.29) is 5.91 Å². The second-order valence-corrected chi connectivity index (χ2v) is 10.2. The predicted octanol–water partition coefficient (Wildman–Crippen LogP) is 5.66. The Morgan fingerprint density at radius 3 is 2.58 bits per heavy atom. The maximum atomic E-state index is 12.8. The maximum absolute atomic E-state index is 12.8. The van der Waals surface area contributed by atoms with E-state index >= 15 is 0 Å². The van der Waals surface area contributed by atoms with Crippen molar-refractivity contribution in [1.82, 2.24) is 15.0 Å². The molecule has 0 aliphatic carbocycles. The number of aromatic nitrogens is 3. The summed E-state index contributed by atoms with van der Waals surface area (Å²) in [6.07, 6.45) is 0. The lowest BCUT2D eigenvalue weighted by molar-refractivity contribution is 0.102. The molecule has 1 amide bonds. The Kier molecular flexibility index (Phi) is 6.76. The molecule has 8 nitrogen and oxygen atoms in total. The number of thiazole rings is 1. The van der Waals surface area contributed by atoms with Gasteiger partial charge in [-0.1, -0.05) is 12.1 Å². The summed E-state index contributed by atoms with van der Waals surface area (Å²) < 4.78 is 11.3. The SMILES string of the molecule is Cc1nc(COc2ccc3nc(-c4ccc(C(=O)Nc5ccc(N6CCOCC6)cc5)cc4)[nH]c3c2)cs1. The number of ether oxygens (including phenoxy) is 2. The minimum absolute atomic E-state index is 0.155. The second-order valence-electron chi connectivity index (χ2n) is 9.09. The smallest absolute Gasteiger partial charge is 0.255 e. The van der Waals surface area contributed by atoms with Crippen LogP contribution in [-0.4, -0.2) is 47.2 Å². The van der Waals surface area contributed by atoms with Gasteiger partial charge in [0.2, 0.25) is 0 Å². The molecule has 1 aliphatic heterocycles. The van der Waals surface area contributed by atoms with Crippen LogP contribution in [0.5, 0.6) is 5.75 Å². The Morgan fingerprint density at radius 2 is 1.84 bits per heavy atom. The number of aryl methyl sites for hydroxylation is 1. The summed E-state index contributed by atoms with van der Waals surface area (Å²) in [6, 6.07) is 21.1. The highest BCUT2D eigenvalue weighted by molar-refractivity contribution is 7.09. The van der Waals surface area contributed by atoms with Crippen LogP contribution < -0.4 is 15.0 Å². The second kappa shape index (κ2) is 10.6. The summed E-state index contributed by atoms with van der Waals surface area (Å²) in [5.74, 6) is 1.33. The Morgan fingerprint density at radius 1 is 1.05 bits per heavy atom. The zero-order valence-electron chi connectivity index (χ0n) is 20.9. The molecular formula is C29H27N5O3S. The first-order valence-corrected chi connectivity index (χ1v) is 13.4. The molecule has 0 bridgehead atoms. The van der Waals surface area contributed by atoms with Gasteiger partial charge < -0.3 is 24.7 Å². The lowest BCUT2D eigenvalue weighted by atomic mass is 10.1. The van der Waals surface area contributed by atoms with Crippen molar-refractivity contribution in [2.75, 3.05) is 36.5 Å². The minimum atomic E-state index is -0.155. The Hall–Kier alpha value is -4.21. The fourth-order valence-corrected chi connectivity index (χ4v) is 5.00. The number of aromatic amines is 1. The van der Waals surface area contributed by atoms with E-state index in [1.54, 1.807) is 11.3 Å². The van der Waals surface area contributed by atoms with Gasteiger partial charge in [-0.3, -0.25) is 4.79 Å². The monoisotopic (exact) mass is 525 g/mol. The highest BCUT2D eigenvalue weighted by Gasteiger charge is 2.13. The molecule has 192 valence electrons. The van der Waals surface area contributed by atoms with Gasteiger partial charge in [0, 0.05) is 47.0 Å². The van der Waals surface area contributed by atoms with Gasteiger partial charge in [0.1, 0.15) is 18.2 Å². The topological polar surface area (TPSA) is 92.4 Å². The van der Waals surface area contributed by atoms with Crippen LogP contribution in [0, 0.1) is 6.92 Å². The third-order valence-corrected chi connectivity index (χ3v) is 7.25. The molecule has 0 atom stereocenters. The largest absolute Gasteiger partial charge is 0.487 e. The van der Waals surface area contributed by atoms with Crippen molar-refractivity contribution < 1.29 is 14.3 Å². The first kappa shape index (κ1) is 24.1. The van der Waals surface area contributed by atoms with Crippen molar-refractivity contribution in [2.45, 2.75) is 13.5 Å². The number of nitrogens with zero attached hydrogens (tertiary/aromatic N) is 3. The first-order chi connectivity index (χ1) is 18.6. The van der Waals surface area contributed by atoms with Crippen molar-refractivity contribution in [3.8, 4) is 17.1 Å². The number of morpholine rings is 1. The van der Waals surface area contributed by atoms with Crippen LogP contribution in [0.1, 0.15) is 21.1 Å². The minimum Gasteiger partial charge on any atom is -0.487 e. The van der Waals surface area contributed by atoms with E-state index in [1.807, 2.05) is 79.0 Å². The van der Waals surface area contributed by atoms with E-state index in [1.165, 1.54) is 0 Å². The van der Waals surface area contributed by atoms with Crippen molar-refractivity contribution >= 4 is 39.7 Å². The van der Waals surface area contributed by atoms with Gasteiger partial charge in [0.15, 0.2) is 0 Å². The van der Waals surface area contributed by atoms with Gasteiger partial charge in [-0.15, -0.1) is 11.3 Å². The number of H-pyrrole nitrogens is 1. The number of fused-ring (bicyclic) bond motifs is 1. The number of hydrogen-bond acceptors (Lipinski definition) is 7. The number of carbonyl (C=O) groups is 1. The number of benzene rings is 3. The molecule has 0 radical (unpaired) electrons. The van der Waals surface area contributed by atoms with Crippen LogP contribution in [0.15, 0.2) is 72.1 Å². The molecule has 0 spiro atoms. The first-order valence-electron chi connectivity index (χ1n) is 12.5. The number of imidazole rings is 1. The van der Waals surface area contributed by atoms with E-state index < -0.39 is 0 Å². The Balaban J connectivity index is 1.10. The molecule has 1 saturated heterocycles. The molecule has 1 aliphatic rings. The van der Waals surface area contributed by atoms with Crippen LogP contribution >= 0.6 is 11.3 Å². The molecule has 38 heavy (non-hydrogen) atoms. The molecule has 6 rings (SSSR count). The molecule has 3 heterocycles. The summed E-state index contributed by atoms with van der Waals surface area (Å²) in [5, 5.41) is 6.01. The van der Waals surface area contributed by atoms with Crippen LogP contribution in [-0.2, 0) is 11.3 Å². The summed E-state index contributed by atoms with van der Waals surface area (Å²) >= 11 is 1.61. The van der Waals surface area contributed by atoms with Crippen LogP contribution in [0.4, 0.5) is 11.4 Å². The van der Waals surface area contributed by atoms with Crippen molar-refractivity contribution in [3.63, 3.8) is 0 Å². The van der Waals surface area contributed by atoms with E-state index in [9.17, 15) is 4.79 Å². The quantitative estimate of drug-likeness (QED) is 0.285. The summed E-state index contributed by atoms with van der Waals surface area (Å²) in [6.45, 7) is 5.66. The predicted molar refractivity (Wildman–Crippen MR) is 150 cm³/mol. The molecule has 9 heteroatoms. The van der Waals surface area contributed by atoms with E-state index in [4.69, 9.17) is 14.5 Å². The molecule has 5 aromatic rings. The average Bonchev–Trinajstić information content (AvgIpc) is 3.58. The van der Waals surface area contributed by atoms with Crippen molar-refractivity contribution in [2.24, 2.45) is 0 Å². The van der Waals surface area contributed by atoms with E-state index in [0.717, 1.165) is 76.6 Å². The average molecular weight is 526 g/mol. The third-order valence-electron chi connectivity index (χ3n) is 6.43. The molecule has 0 unspecified atom stereocenters. The van der Waals surface area contributed by atoms with Crippen LogP contribution in [0.2, 0.25) is 0 Å². The summed E-state index contributed by atoms with van der Waals surface area (Å²) in [5.41, 5.74) is 6.02. The van der Waals surface area contributed by atoms with Gasteiger partial charge in [-0.25, -0.2) is 9.97 Å². The lowest BCUT2D eigenvalue weighted by Crippen LogP contribution is -2.36. The molecule has 2 aromatic heterocycles. The van der Waals surface area contributed by atoms with Crippen molar-refractivity contribution in [1.29, 1.82) is 0 Å². The fraction of sp³-hybridized carbons (Fsp3) is 0.207. The van der Waals surface area contributed by atoms with E-state index in [0.29, 0.717) is 12.2 Å². The number of nitrogens with one attached hydrogen (secondary N) is 2. The van der Waals surface area contributed by atoms with Gasteiger partial charge >= 0.3 is 0 Å². The Bertz CT molecular complexity index is 1550. The summed E-state index contributed by atoms with van der Waals surface area (Å²) in [4.78, 5) is 27.6. The zero-order chi connectivity index (χ0) is 25.9. The standard InChI is InChI=1S/C29H27N5O3S/c1-19-30-23(18-38-19)17-37-25-10-11-26-27(16-25)33-28(32-26)20-2-4-21(5-3-20)29(35)31-22-6-8-24(9-7-22)34-12-14-36-15-13-34/h2-11,16,18H,12-15,17H2,1H3,(H,31,35)(H,32,33). The number of carbonyl (C=O) groups excluding carboxylic acids is 1. The number of amides is 1. The van der Waals surface area contributed by atoms with Crippen LogP contribution in [0.3, 0.4) is 0 Å². The molecule has 2 N–H and O–H groups in total. The van der Waals surface area contributed by atoms with Gasteiger partial charge in [0.05, 0.1) is 34.9 Å². The van der Waals surface area contributed by atoms with Crippen LogP contribution in [0.25, 0.3) is 22.4 Å². The summed E-state index contributed by atoms with van der Waals surface area (Å²) in [7, 11) is 0. The van der Waals surface area contributed by atoms with Crippen molar-refractivity contribution in [3.05, 3.63) is 88.4 Å². The molecule has 1 fully saturated rings. The molecule has 0 saturated carbocycles. The number of hydrogen-bond donors (Lipinski definition) is 2. The van der Waals surface area contributed by atoms with Gasteiger partial charge in [0.25, 0.3) is 5.91 Å². The third kappa shape index (κ3) is 5.39. The van der Waals surface area contributed by atoms with Gasteiger partial charge in [-0.05, 0) is 55.5 Å². The van der Waals surface area contributed by atoms with Gasteiger partial charge in [-0.2, -0.15) is 0 Å².